The molecule has 5 rings (SSSR count). The van der Waals surface area contributed by atoms with Crippen LogP contribution in [0.5, 0.6) is 0 Å². The zero-order valence-corrected chi connectivity index (χ0v) is 18.8. The fourth-order valence-electron chi connectivity index (χ4n) is 3.91. The molecule has 0 fully saturated rings. The summed E-state index contributed by atoms with van der Waals surface area (Å²) in [4.78, 5) is 27.5. The Morgan fingerprint density at radius 1 is 1.23 bits per heavy atom. The molecule has 0 aliphatic heterocycles. The number of rotatable bonds is 4. The van der Waals surface area contributed by atoms with Gasteiger partial charge in [-0.05, 0) is 44.6 Å². The van der Waals surface area contributed by atoms with Crippen molar-refractivity contribution in [2.75, 3.05) is 0 Å². The molecular formula is C22H23N5OS2. The molecule has 3 aromatic heterocycles. The van der Waals surface area contributed by atoms with Crippen molar-refractivity contribution in [3.05, 3.63) is 56.4 Å². The van der Waals surface area contributed by atoms with E-state index in [2.05, 4.69) is 46.1 Å². The van der Waals surface area contributed by atoms with Gasteiger partial charge in [0.15, 0.2) is 5.82 Å². The van der Waals surface area contributed by atoms with Crippen LogP contribution in [0.25, 0.3) is 21.6 Å². The molecule has 1 aliphatic carbocycles. The number of aryl methyl sites for hydroxylation is 2. The molecule has 1 aromatic carbocycles. The molecule has 4 aromatic rings. The van der Waals surface area contributed by atoms with E-state index < -0.39 is 0 Å². The highest BCUT2D eigenvalue weighted by molar-refractivity contribution is 7.99. The molecule has 2 unspecified atom stereocenters. The minimum absolute atomic E-state index is 0.0233. The molecule has 8 heteroatoms. The topological polar surface area (TPSA) is 87.3 Å². The highest BCUT2D eigenvalue weighted by Crippen LogP contribution is 2.37. The molecule has 0 amide bonds. The predicted molar refractivity (Wildman–Crippen MR) is 122 cm³/mol. The summed E-state index contributed by atoms with van der Waals surface area (Å²) in [5.74, 6) is 2.08. The number of aromatic amines is 2. The van der Waals surface area contributed by atoms with Gasteiger partial charge in [0.2, 0.25) is 5.16 Å². The van der Waals surface area contributed by atoms with E-state index in [-0.39, 0.29) is 10.8 Å². The Balaban J connectivity index is 1.41. The van der Waals surface area contributed by atoms with Crippen LogP contribution in [-0.2, 0) is 12.8 Å². The minimum atomic E-state index is -0.0678. The lowest BCUT2D eigenvalue weighted by Crippen LogP contribution is -2.15. The summed E-state index contributed by atoms with van der Waals surface area (Å²) in [5, 5.41) is 8.71. The maximum atomic E-state index is 12.9. The first-order valence-electron chi connectivity index (χ1n) is 10.2. The van der Waals surface area contributed by atoms with Crippen molar-refractivity contribution in [1.82, 2.24) is 25.1 Å². The summed E-state index contributed by atoms with van der Waals surface area (Å²) in [7, 11) is 0. The number of benzene rings is 1. The van der Waals surface area contributed by atoms with Gasteiger partial charge < -0.3 is 4.98 Å². The first-order valence-corrected chi connectivity index (χ1v) is 11.9. The average molecular weight is 438 g/mol. The van der Waals surface area contributed by atoms with Gasteiger partial charge in [-0.2, -0.15) is 0 Å². The van der Waals surface area contributed by atoms with Crippen molar-refractivity contribution in [2.45, 2.75) is 50.4 Å². The molecule has 0 saturated carbocycles. The Kier molecular flexibility index (Phi) is 4.99. The van der Waals surface area contributed by atoms with Gasteiger partial charge in [-0.25, -0.2) is 9.97 Å². The van der Waals surface area contributed by atoms with Crippen LogP contribution in [0.1, 0.15) is 47.3 Å². The standard InChI is InChI=1S/C22H23N5OS2/c1-11-4-7-14(8-5-11)19-25-22(27-26-19)29-13(3)18-23-20(28)17-15-9-6-12(2)10-16(15)30-21(17)24-18/h4-5,7-8,12-13H,6,9-10H2,1-3H3,(H,23,24,28)(H,25,26,27). The van der Waals surface area contributed by atoms with Crippen LogP contribution in [0.2, 0.25) is 0 Å². The first kappa shape index (κ1) is 19.5. The largest absolute Gasteiger partial charge is 0.309 e. The van der Waals surface area contributed by atoms with Crippen molar-refractivity contribution in [3.63, 3.8) is 0 Å². The Morgan fingerprint density at radius 3 is 2.83 bits per heavy atom. The van der Waals surface area contributed by atoms with Crippen molar-refractivity contribution in [1.29, 1.82) is 0 Å². The van der Waals surface area contributed by atoms with E-state index in [4.69, 9.17) is 4.98 Å². The van der Waals surface area contributed by atoms with Crippen molar-refractivity contribution >= 4 is 33.3 Å². The van der Waals surface area contributed by atoms with Crippen LogP contribution in [0, 0.1) is 12.8 Å². The summed E-state index contributed by atoms with van der Waals surface area (Å²) < 4.78 is 0. The Labute approximate surface area is 182 Å². The van der Waals surface area contributed by atoms with Gasteiger partial charge in [-0.3, -0.25) is 9.89 Å². The van der Waals surface area contributed by atoms with Gasteiger partial charge in [-0.15, -0.1) is 16.4 Å². The quantitative estimate of drug-likeness (QED) is 0.436. The third kappa shape index (κ3) is 3.58. The van der Waals surface area contributed by atoms with E-state index in [9.17, 15) is 4.79 Å². The van der Waals surface area contributed by atoms with Gasteiger partial charge >= 0.3 is 0 Å². The Hall–Kier alpha value is -2.45. The summed E-state index contributed by atoms with van der Waals surface area (Å²) in [6.07, 6.45) is 3.17. The number of hydrogen-bond acceptors (Lipinski definition) is 6. The third-order valence-corrected chi connectivity index (χ3v) is 7.76. The molecule has 154 valence electrons. The molecular weight excluding hydrogens is 414 g/mol. The summed E-state index contributed by atoms with van der Waals surface area (Å²) >= 11 is 3.17. The smallest absolute Gasteiger partial charge is 0.259 e. The third-order valence-electron chi connectivity index (χ3n) is 5.64. The maximum Gasteiger partial charge on any atom is 0.259 e. The van der Waals surface area contributed by atoms with Crippen LogP contribution in [0.4, 0.5) is 0 Å². The minimum Gasteiger partial charge on any atom is -0.309 e. The lowest BCUT2D eigenvalue weighted by molar-refractivity contribution is 0.509. The van der Waals surface area contributed by atoms with Crippen LogP contribution in [-0.4, -0.2) is 25.1 Å². The van der Waals surface area contributed by atoms with E-state index in [0.29, 0.717) is 16.9 Å². The molecule has 30 heavy (non-hydrogen) atoms. The van der Waals surface area contributed by atoms with E-state index in [1.165, 1.54) is 27.8 Å². The molecule has 3 heterocycles. The number of aromatic nitrogens is 5. The zero-order chi connectivity index (χ0) is 20.8. The second-order valence-electron chi connectivity index (χ2n) is 8.08. The lowest BCUT2D eigenvalue weighted by atomic mass is 9.89. The highest BCUT2D eigenvalue weighted by Gasteiger charge is 2.24. The summed E-state index contributed by atoms with van der Waals surface area (Å²) in [6.45, 7) is 6.35. The molecule has 0 radical (unpaired) electrons. The predicted octanol–water partition coefficient (Wildman–Crippen LogP) is 5.06. The van der Waals surface area contributed by atoms with Gasteiger partial charge in [0.25, 0.3) is 5.56 Å². The van der Waals surface area contributed by atoms with E-state index in [1.54, 1.807) is 11.3 Å². The molecule has 2 atom stereocenters. The molecule has 0 spiro atoms. The van der Waals surface area contributed by atoms with E-state index in [0.717, 1.165) is 40.9 Å². The first-order chi connectivity index (χ1) is 14.5. The van der Waals surface area contributed by atoms with Crippen LogP contribution in [0.15, 0.2) is 34.2 Å². The monoisotopic (exact) mass is 437 g/mol. The number of nitrogens with one attached hydrogen (secondary N) is 2. The number of thiophene rings is 1. The number of thioether (sulfide) groups is 1. The second kappa shape index (κ2) is 7.67. The number of nitrogens with zero attached hydrogens (tertiary/aromatic N) is 3. The van der Waals surface area contributed by atoms with Gasteiger partial charge in [0, 0.05) is 10.4 Å². The normalized spacial score (nSPS) is 17.2. The molecule has 6 nitrogen and oxygen atoms in total. The number of hydrogen-bond donors (Lipinski definition) is 2. The fraction of sp³-hybridized carbons (Fsp3) is 0.364. The molecule has 2 N–H and O–H groups in total. The van der Waals surface area contributed by atoms with Crippen molar-refractivity contribution in [3.8, 4) is 11.4 Å². The van der Waals surface area contributed by atoms with Crippen LogP contribution in [0.3, 0.4) is 0 Å². The average Bonchev–Trinajstić information content (AvgIpc) is 3.32. The zero-order valence-electron chi connectivity index (χ0n) is 17.2. The van der Waals surface area contributed by atoms with Gasteiger partial charge in [0.1, 0.15) is 10.7 Å². The van der Waals surface area contributed by atoms with E-state index >= 15 is 0 Å². The van der Waals surface area contributed by atoms with Gasteiger partial charge in [0.05, 0.1) is 10.6 Å². The molecule has 0 saturated heterocycles. The second-order valence-corrected chi connectivity index (χ2v) is 10.5. The SMILES string of the molecule is Cc1ccc(-c2nc(SC(C)c3nc4sc5c(c4c(=O)[nH]3)CCC(C)C5)n[nH]2)cc1. The lowest BCUT2D eigenvalue weighted by Gasteiger charge is -2.17. The Morgan fingerprint density at radius 2 is 2.03 bits per heavy atom. The molecule has 1 aliphatic rings. The fourth-order valence-corrected chi connectivity index (χ4v) is 6.08. The Bertz CT molecular complexity index is 1270. The highest BCUT2D eigenvalue weighted by atomic mass is 32.2. The van der Waals surface area contributed by atoms with Crippen LogP contribution >= 0.6 is 23.1 Å². The number of fused-ring (bicyclic) bond motifs is 3. The number of H-pyrrole nitrogens is 2. The van der Waals surface area contributed by atoms with Crippen LogP contribution < -0.4 is 5.56 Å². The summed E-state index contributed by atoms with van der Waals surface area (Å²) in [5.41, 5.74) is 3.39. The summed E-state index contributed by atoms with van der Waals surface area (Å²) in [6, 6.07) is 8.16. The van der Waals surface area contributed by atoms with Crippen molar-refractivity contribution < 1.29 is 0 Å². The molecule has 0 bridgehead atoms. The van der Waals surface area contributed by atoms with Crippen molar-refractivity contribution in [2.24, 2.45) is 5.92 Å². The maximum absolute atomic E-state index is 12.9. The van der Waals surface area contributed by atoms with Gasteiger partial charge in [-0.1, -0.05) is 48.5 Å². The van der Waals surface area contributed by atoms with E-state index in [1.807, 2.05) is 19.1 Å².